The average molecular weight is 1170 g/mol. The van der Waals surface area contributed by atoms with Gasteiger partial charge in [-0.3, -0.25) is 9.59 Å². The van der Waals surface area contributed by atoms with E-state index >= 15 is 0 Å². The van der Waals surface area contributed by atoms with Crippen LogP contribution in [0.5, 0.6) is 0 Å². The molecule has 0 spiro atoms. The van der Waals surface area contributed by atoms with Gasteiger partial charge in [0.15, 0.2) is 0 Å². The number of aliphatic hydroxyl groups is 2. The van der Waals surface area contributed by atoms with Crippen LogP contribution in [0.25, 0.3) is 0 Å². The molecule has 2 unspecified atom stereocenters. The molecule has 0 heterocycles. The minimum absolute atomic E-state index is 0.0150. The maximum atomic E-state index is 12.6. The number of carbonyl (C=O) groups excluding carboxylic acids is 2. The van der Waals surface area contributed by atoms with Gasteiger partial charge >= 0.3 is 5.97 Å². The topological polar surface area (TPSA) is 95.9 Å². The summed E-state index contributed by atoms with van der Waals surface area (Å²) in [4.78, 5) is 24.7. The molecule has 0 bridgehead atoms. The lowest BCUT2D eigenvalue weighted by molar-refractivity contribution is -0.143. The number of unbranched alkanes of at least 4 members (excludes halogenated alkanes) is 57. The normalized spacial score (nSPS) is 12.6. The molecule has 0 aliphatic rings. The van der Waals surface area contributed by atoms with Crippen molar-refractivity contribution in [3.05, 3.63) is 24.3 Å². The molecule has 0 aromatic heterocycles. The molecule has 0 aliphatic heterocycles. The van der Waals surface area contributed by atoms with Gasteiger partial charge in [-0.25, -0.2) is 0 Å². The Kier molecular flexibility index (Phi) is 71.4. The lowest BCUT2D eigenvalue weighted by Gasteiger charge is -2.22. The number of hydrogen-bond acceptors (Lipinski definition) is 5. The fourth-order valence-corrected chi connectivity index (χ4v) is 12.2. The number of hydrogen-bond donors (Lipinski definition) is 3. The molecule has 6 heteroatoms. The van der Waals surface area contributed by atoms with Crippen molar-refractivity contribution in [2.24, 2.45) is 0 Å². The molecule has 0 aromatic rings. The molecule has 0 aromatic carbocycles. The van der Waals surface area contributed by atoms with Crippen LogP contribution in [0.3, 0.4) is 0 Å². The lowest BCUT2D eigenvalue weighted by Crippen LogP contribution is -2.45. The lowest BCUT2D eigenvalue weighted by atomic mass is 10.0. The van der Waals surface area contributed by atoms with Crippen molar-refractivity contribution in [3.63, 3.8) is 0 Å². The van der Waals surface area contributed by atoms with Crippen LogP contribution in [0.4, 0.5) is 0 Å². The van der Waals surface area contributed by atoms with Crippen molar-refractivity contribution in [2.75, 3.05) is 13.2 Å². The van der Waals surface area contributed by atoms with Crippen molar-refractivity contribution >= 4 is 11.9 Å². The summed E-state index contributed by atoms with van der Waals surface area (Å²) in [7, 11) is 0. The van der Waals surface area contributed by atoms with Gasteiger partial charge < -0.3 is 20.3 Å². The van der Waals surface area contributed by atoms with Crippen LogP contribution in [0, 0.1) is 0 Å². The largest absolute Gasteiger partial charge is 0.466 e. The molecule has 1 amide bonds. The summed E-state index contributed by atoms with van der Waals surface area (Å²) in [6.07, 6.45) is 92.4. The highest BCUT2D eigenvalue weighted by molar-refractivity contribution is 5.76. The van der Waals surface area contributed by atoms with E-state index in [1.807, 2.05) is 0 Å². The number of nitrogens with one attached hydrogen (secondary N) is 1. The van der Waals surface area contributed by atoms with Gasteiger partial charge in [-0.1, -0.05) is 366 Å². The first-order chi connectivity index (χ1) is 41.0. The first-order valence-corrected chi connectivity index (χ1v) is 38.1. The summed E-state index contributed by atoms with van der Waals surface area (Å²) in [5.41, 5.74) is 0. The quantitative estimate of drug-likeness (QED) is 0.0320. The Morgan fingerprint density at radius 3 is 0.855 bits per heavy atom. The molecular formula is C77H149NO5. The molecule has 0 radical (unpaired) electrons. The van der Waals surface area contributed by atoms with Crippen molar-refractivity contribution in [1.82, 2.24) is 5.32 Å². The minimum atomic E-state index is -0.667. The Balaban J connectivity index is 3.37. The van der Waals surface area contributed by atoms with Crippen LogP contribution in [0.1, 0.15) is 431 Å². The maximum absolute atomic E-state index is 12.6. The van der Waals surface area contributed by atoms with E-state index in [0.29, 0.717) is 25.9 Å². The maximum Gasteiger partial charge on any atom is 0.305 e. The molecule has 3 N–H and O–H groups in total. The Morgan fingerprint density at radius 1 is 0.325 bits per heavy atom. The van der Waals surface area contributed by atoms with Gasteiger partial charge in [0.25, 0.3) is 0 Å². The predicted octanol–water partition coefficient (Wildman–Crippen LogP) is 24.9. The summed E-state index contributed by atoms with van der Waals surface area (Å²) in [5.74, 6) is -0.0170. The number of allylic oxidation sites excluding steroid dienone is 4. The van der Waals surface area contributed by atoms with Gasteiger partial charge in [0.1, 0.15) is 0 Å². The fourth-order valence-electron chi connectivity index (χ4n) is 12.2. The average Bonchev–Trinajstić information content (AvgIpc) is 3.49. The third-order valence-electron chi connectivity index (χ3n) is 18.0. The van der Waals surface area contributed by atoms with E-state index in [4.69, 9.17) is 4.74 Å². The Bertz CT molecular complexity index is 1300. The van der Waals surface area contributed by atoms with Crippen molar-refractivity contribution in [2.45, 2.75) is 443 Å². The second-order valence-corrected chi connectivity index (χ2v) is 26.3. The second-order valence-electron chi connectivity index (χ2n) is 26.3. The number of amides is 1. The van der Waals surface area contributed by atoms with E-state index in [0.717, 1.165) is 38.5 Å². The fraction of sp³-hybridized carbons (Fsp3) is 0.922. The molecule has 492 valence electrons. The predicted molar refractivity (Wildman–Crippen MR) is 366 cm³/mol. The van der Waals surface area contributed by atoms with Crippen LogP contribution >= 0.6 is 0 Å². The SMILES string of the molecule is CCCCCCCC/C=C\CCCCCCCCCCCC(=O)OCCCCCCCCCCCCCC/C=C\CCCCCCCCCCCCC(=O)NC(CO)C(O)CCCCCCCCCCCCCCCCCCCCCCC. The standard InChI is InChI=1S/C77H149NO5/c1-3-5-7-9-11-13-15-17-19-21-23-30-34-37-41-45-49-53-57-61-65-69-75(80)74(73-79)78-76(81)70-66-62-58-54-50-46-42-38-35-31-28-26-24-25-27-29-32-36-40-44-48-52-56-60-64-68-72-83-77(82)71-67-63-59-55-51-47-43-39-33-22-20-18-16-14-12-10-8-6-4-2/h18,20,24,26,74-75,79-80H,3-17,19,21-23,25,27-73H2,1-2H3,(H,78,81)/b20-18-,26-24-. The highest BCUT2D eigenvalue weighted by Gasteiger charge is 2.20. The third kappa shape index (κ3) is 69.3. The molecule has 0 saturated heterocycles. The first-order valence-electron chi connectivity index (χ1n) is 38.1. The monoisotopic (exact) mass is 1170 g/mol. The number of esters is 1. The van der Waals surface area contributed by atoms with Crippen molar-refractivity contribution in [3.8, 4) is 0 Å². The zero-order valence-electron chi connectivity index (χ0n) is 56.5. The Hall–Kier alpha value is -1.66. The summed E-state index contributed by atoms with van der Waals surface area (Å²) in [6, 6.07) is -0.544. The van der Waals surface area contributed by atoms with Crippen LogP contribution in [-0.2, 0) is 14.3 Å². The molecule has 0 rings (SSSR count). The number of ether oxygens (including phenoxy) is 1. The van der Waals surface area contributed by atoms with E-state index < -0.39 is 12.1 Å². The van der Waals surface area contributed by atoms with E-state index in [1.54, 1.807) is 0 Å². The summed E-state index contributed by atoms with van der Waals surface area (Å²) in [5, 5.41) is 23.4. The third-order valence-corrected chi connectivity index (χ3v) is 18.0. The summed E-state index contributed by atoms with van der Waals surface area (Å²) >= 11 is 0. The van der Waals surface area contributed by atoms with Crippen molar-refractivity contribution in [1.29, 1.82) is 0 Å². The molecule has 0 aliphatic carbocycles. The molecule has 2 atom stereocenters. The molecule has 83 heavy (non-hydrogen) atoms. The second kappa shape index (κ2) is 72.8. The van der Waals surface area contributed by atoms with Crippen LogP contribution in [0.2, 0.25) is 0 Å². The van der Waals surface area contributed by atoms with E-state index in [-0.39, 0.29) is 18.5 Å². The summed E-state index contributed by atoms with van der Waals surface area (Å²) in [6.45, 7) is 4.99. The van der Waals surface area contributed by atoms with Crippen LogP contribution < -0.4 is 5.32 Å². The summed E-state index contributed by atoms with van der Waals surface area (Å²) < 4.78 is 5.51. The number of carbonyl (C=O) groups is 2. The Morgan fingerprint density at radius 2 is 0.566 bits per heavy atom. The van der Waals surface area contributed by atoms with Gasteiger partial charge in [0.2, 0.25) is 5.91 Å². The highest BCUT2D eigenvalue weighted by Crippen LogP contribution is 2.19. The number of rotatable bonds is 72. The Labute approximate surface area is 520 Å². The van der Waals surface area contributed by atoms with Gasteiger partial charge in [0.05, 0.1) is 25.4 Å². The van der Waals surface area contributed by atoms with Crippen LogP contribution in [-0.4, -0.2) is 47.4 Å². The molecule has 6 nitrogen and oxygen atoms in total. The van der Waals surface area contributed by atoms with Gasteiger partial charge in [0, 0.05) is 12.8 Å². The molecule has 0 fully saturated rings. The van der Waals surface area contributed by atoms with Gasteiger partial charge in [-0.15, -0.1) is 0 Å². The van der Waals surface area contributed by atoms with E-state index in [9.17, 15) is 19.8 Å². The zero-order valence-corrected chi connectivity index (χ0v) is 56.5. The van der Waals surface area contributed by atoms with E-state index in [1.165, 1.54) is 360 Å². The molecule has 0 saturated carbocycles. The van der Waals surface area contributed by atoms with Gasteiger partial charge in [-0.2, -0.15) is 0 Å². The van der Waals surface area contributed by atoms with Gasteiger partial charge in [-0.05, 0) is 77.0 Å². The van der Waals surface area contributed by atoms with E-state index in [2.05, 4.69) is 43.5 Å². The zero-order chi connectivity index (χ0) is 59.9. The smallest absolute Gasteiger partial charge is 0.305 e. The number of aliphatic hydroxyl groups excluding tert-OH is 2. The molecular weight excluding hydrogens is 1020 g/mol. The highest BCUT2D eigenvalue weighted by atomic mass is 16.5. The van der Waals surface area contributed by atoms with Crippen molar-refractivity contribution < 1.29 is 24.5 Å². The first kappa shape index (κ1) is 81.3. The minimum Gasteiger partial charge on any atom is -0.466 e. The van der Waals surface area contributed by atoms with Crippen LogP contribution in [0.15, 0.2) is 24.3 Å².